The number of carbonyl (C=O) groups is 2. The van der Waals surface area contributed by atoms with Crippen LogP contribution in [0.1, 0.15) is 26.7 Å². The molecular weight excluding hydrogens is 268 g/mol. The van der Waals surface area contributed by atoms with Gasteiger partial charge in [-0.15, -0.1) is 0 Å². The number of hydrogen-bond acceptors (Lipinski definition) is 5. The predicted octanol–water partition coefficient (Wildman–Crippen LogP) is 0.960. The Bertz CT molecular complexity index is 422. The molecule has 1 N–H and O–H groups in total. The molecule has 1 saturated heterocycles. The number of carboxylic acids is 1. The van der Waals surface area contributed by atoms with Crippen LogP contribution in [0.3, 0.4) is 0 Å². The van der Waals surface area contributed by atoms with Crippen LogP contribution in [0.25, 0.3) is 0 Å². The highest BCUT2D eigenvalue weighted by Crippen LogP contribution is 2.31. The molecule has 0 radical (unpaired) electrons. The number of amides is 1. The second-order valence-electron chi connectivity index (χ2n) is 5.32. The van der Waals surface area contributed by atoms with Gasteiger partial charge in [-0.2, -0.15) is 11.8 Å². The van der Waals surface area contributed by atoms with Crippen molar-refractivity contribution < 1.29 is 19.5 Å². The van der Waals surface area contributed by atoms with Gasteiger partial charge in [-0.25, -0.2) is 4.79 Å². The minimum absolute atomic E-state index is 0.0567. The van der Waals surface area contributed by atoms with Crippen molar-refractivity contribution >= 4 is 29.4 Å². The summed E-state index contributed by atoms with van der Waals surface area (Å²) in [5.41, 5.74) is -0.0807. The smallest absolute Gasteiger partial charge is 0.353 e. The fourth-order valence-corrected chi connectivity index (χ4v) is 3.18. The first kappa shape index (κ1) is 14.2. The van der Waals surface area contributed by atoms with E-state index in [0.717, 1.165) is 12.2 Å². The van der Waals surface area contributed by atoms with Crippen LogP contribution in [0.4, 0.5) is 0 Å². The van der Waals surface area contributed by atoms with Gasteiger partial charge in [0, 0.05) is 30.0 Å². The summed E-state index contributed by atoms with van der Waals surface area (Å²) in [4.78, 5) is 29.7. The molecule has 1 amide bonds. The first-order valence-corrected chi connectivity index (χ1v) is 7.26. The van der Waals surface area contributed by atoms with Crippen molar-refractivity contribution in [2.75, 3.05) is 18.8 Å². The average Bonchev–Trinajstić information content (AvgIpc) is 2.75. The summed E-state index contributed by atoms with van der Waals surface area (Å²) >= 11 is 1.85. The van der Waals surface area contributed by atoms with Crippen molar-refractivity contribution in [3.8, 4) is 0 Å². The molecule has 0 bridgehead atoms. The van der Waals surface area contributed by atoms with E-state index in [-0.39, 0.29) is 22.8 Å². The average molecular weight is 286 g/mol. The Hall–Kier alpha value is -1.24. The van der Waals surface area contributed by atoms with Gasteiger partial charge >= 0.3 is 5.97 Å². The first-order chi connectivity index (χ1) is 8.89. The highest BCUT2D eigenvalue weighted by molar-refractivity contribution is 8.00. The summed E-state index contributed by atoms with van der Waals surface area (Å²) in [7, 11) is 0. The topological polar surface area (TPSA) is 79.2 Å². The van der Waals surface area contributed by atoms with Crippen molar-refractivity contribution in [3.05, 3.63) is 0 Å². The van der Waals surface area contributed by atoms with Crippen molar-refractivity contribution in [1.82, 2.24) is 4.90 Å². The molecule has 2 heterocycles. The zero-order valence-corrected chi connectivity index (χ0v) is 11.9. The van der Waals surface area contributed by atoms with Crippen LogP contribution in [0.2, 0.25) is 0 Å². The monoisotopic (exact) mass is 286 g/mol. The molecule has 0 aliphatic carbocycles. The fourth-order valence-electron chi connectivity index (χ4n) is 2.08. The van der Waals surface area contributed by atoms with E-state index in [0.29, 0.717) is 13.1 Å². The Balaban J connectivity index is 1.93. The van der Waals surface area contributed by atoms with Crippen LogP contribution in [-0.2, 0) is 14.4 Å². The van der Waals surface area contributed by atoms with Crippen LogP contribution in [-0.4, -0.2) is 57.3 Å². The van der Waals surface area contributed by atoms with Gasteiger partial charge in [0.15, 0.2) is 5.71 Å². The third kappa shape index (κ3) is 3.40. The molecule has 19 heavy (non-hydrogen) atoms. The van der Waals surface area contributed by atoms with E-state index < -0.39 is 12.1 Å². The molecule has 106 valence electrons. The van der Waals surface area contributed by atoms with Gasteiger partial charge < -0.3 is 14.8 Å². The van der Waals surface area contributed by atoms with E-state index in [1.807, 2.05) is 11.8 Å². The summed E-state index contributed by atoms with van der Waals surface area (Å²) in [5, 5.41) is 12.2. The van der Waals surface area contributed by atoms with E-state index in [1.54, 1.807) is 4.90 Å². The van der Waals surface area contributed by atoms with Gasteiger partial charge in [0.1, 0.15) is 0 Å². The quantitative estimate of drug-likeness (QED) is 0.818. The second-order valence-corrected chi connectivity index (χ2v) is 7.13. The molecule has 0 aromatic rings. The molecule has 0 aromatic heterocycles. The Morgan fingerprint density at radius 2 is 2.21 bits per heavy atom. The Labute approximate surface area is 116 Å². The molecule has 6 nitrogen and oxygen atoms in total. The van der Waals surface area contributed by atoms with Crippen LogP contribution in [0.15, 0.2) is 5.16 Å². The van der Waals surface area contributed by atoms with Gasteiger partial charge in [0.05, 0.1) is 0 Å². The number of nitrogens with zero attached hydrogens (tertiary/aromatic N) is 2. The number of hydrogen-bond donors (Lipinski definition) is 1. The zero-order valence-electron chi connectivity index (χ0n) is 11.1. The Kier molecular flexibility index (Phi) is 4.03. The van der Waals surface area contributed by atoms with Crippen LogP contribution in [0, 0.1) is 0 Å². The normalized spacial score (nSPS) is 26.3. The molecule has 0 aromatic carbocycles. The van der Waals surface area contributed by atoms with E-state index in [9.17, 15) is 9.59 Å². The summed E-state index contributed by atoms with van der Waals surface area (Å²) in [5.74, 6) is -0.390. The lowest BCUT2D eigenvalue weighted by atomic mass is 10.1. The van der Waals surface area contributed by atoms with Crippen LogP contribution in [0.5, 0.6) is 0 Å². The van der Waals surface area contributed by atoms with E-state index in [2.05, 4.69) is 19.0 Å². The van der Waals surface area contributed by atoms with Crippen LogP contribution >= 0.6 is 11.8 Å². The Morgan fingerprint density at radius 3 is 2.84 bits per heavy atom. The minimum Gasteiger partial charge on any atom is -0.477 e. The molecule has 1 atom stereocenters. The van der Waals surface area contributed by atoms with Gasteiger partial charge in [-0.1, -0.05) is 19.0 Å². The second kappa shape index (κ2) is 5.40. The zero-order chi connectivity index (χ0) is 14.0. The molecule has 2 rings (SSSR count). The first-order valence-electron chi connectivity index (χ1n) is 6.28. The lowest BCUT2D eigenvalue weighted by Gasteiger charge is -2.24. The third-order valence-corrected chi connectivity index (χ3v) is 4.71. The maximum absolute atomic E-state index is 12.3. The van der Waals surface area contributed by atoms with Crippen molar-refractivity contribution in [3.63, 3.8) is 0 Å². The molecule has 2 aliphatic rings. The fraction of sp³-hybridized carbons (Fsp3) is 0.750. The Morgan fingerprint density at radius 1 is 1.47 bits per heavy atom. The predicted molar refractivity (Wildman–Crippen MR) is 72.3 cm³/mol. The van der Waals surface area contributed by atoms with E-state index >= 15 is 0 Å². The maximum Gasteiger partial charge on any atom is 0.353 e. The lowest BCUT2D eigenvalue weighted by molar-refractivity contribution is -0.141. The van der Waals surface area contributed by atoms with Crippen molar-refractivity contribution in [2.24, 2.45) is 5.16 Å². The number of carboxylic acid groups (broad SMARTS) is 1. The lowest BCUT2D eigenvalue weighted by Crippen LogP contribution is -2.41. The number of oxime groups is 1. The van der Waals surface area contributed by atoms with Gasteiger partial charge in [-0.3, -0.25) is 4.79 Å². The molecule has 1 unspecified atom stereocenters. The van der Waals surface area contributed by atoms with Gasteiger partial charge in [0.2, 0.25) is 6.10 Å². The largest absolute Gasteiger partial charge is 0.477 e. The number of thioether (sulfide) groups is 1. The maximum atomic E-state index is 12.3. The number of carbonyl (C=O) groups excluding carboxylic acids is 1. The van der Waals surface area contributed by atoms with Crippen molar-refractivity contribution in [2.45, 2.75) is 37.5 Å². The minimum atomic E-state index is -1.12. The van der Waals surface area contributed by atoms with E-state index in [1.165, 1.54) is 0 Å². The molecular formula is C12H18N2O4S. The van der Waals surface area contributed by atoms with Crippen molar-refractivity contribution in [1.29, 1.82) is 0 Å². The molecule has 7 heteroatoms. The summed E-state index contributed by atoms with van der Waals surface area (Å²) in [6.07, 6.45) is 0.210. The molecule has 0 spiro atoms. The third-order valence-electron chi connectivity index (χ3n) is 3.34. The van der Waals surface area contributed by atoms with Crippen LogP contribution < -0.4 is 0 Å². The highest BCUT2D eigenvalue weighted by atomic mass is 32.2. The summed E-state index contributed by atoms with van der Waals surface area (Å²) in [6.45, 7) is 5.70. The van der Waals surface area contributed by atoms with Gasteiger partial charge in [-0.05, 0) is 6.42 Å². The summed E-state index contributed by atoms with van der Waals surface area (Å²) < 4.78 is 0.175. The number of rotatable bonds is 2. The SMILES string of the molecule is CC1(C)CCN(C(=O)C2CC(C(=O)O)=NO2)CCS1. The highest BCUT2D eigenvalue weighted by Gasteiger charge is 2.36. The molecule has 1 fully saturated rings. The van der Waals surface area contributed by atoms with E-state index in [4.69, 9.17) is 9.94 Å². The van der Waals surface area contributed by atoms with Gasteiger partial charge in [0.25, 0.3) is 5.91 Å². The molecule has 0 saturated carbocycles. The summed E-state index contributed by atoms with van der Waals surface area (Å²) in [6, 6.07) is 0. The number of aliphatic carboxylic acids is 1. The molecule has 2 aliphatic heterocycles. The standard InChI is InChI=1S/C12H18N2O4S/c1-12(2)3-4-14(5-6-19-12)10(15)9-7-8(11(16)17)13-18-9/h9H,3-7H2,1-2H3,(H,16,17).